The smallest absolute Gasteiger partial charge is 0.233 e. The van der Waals surface area contributed by atoms with E-state index in [9.17, 15) is 4.79 Å². The van der Waals surface area contributed by atoms with E-state index in [2.05, 4.69) is 39.2 Å². The highest BCUT2D eigenvalue weighted by Crippen LogP contribution is 2.39. The average molecular weight is 443 g/mol. The number of thiophene rings is 2. The van der Waals surface area contributed by atoms with Crippen LogP contribution in [0.2, 0.25) is 0 Å². The Morgan fingerprint density at radius 1 is 1.24 bits per heavy atom. The first-order chi connectivity index (χ1) is 14.3. The van der Waals surface area contributed by atoms with Crippen LogP contribution in [0, 0.1) is 0 Å². The summed E-state index contributed by atoms with van der Waals surface area (Å²) in [6.45, 7) is 1.30. The molecular weight excluding hydrogens is 424 g/mol. The van der Waals surface area contributed by atoms with Gasteiger partial charge in [-0.05, 0) is 47.0 Å². The monoisotopic (exact) mass is 442 g/mol. The Balaban J connectivity index is 1.32. The third kappa shape index (κ3) is 3.77. The lowest BCUT2D eigenvalue weighted by Gasteiger charge is -2.35. The molecule has 0 fully saturated rings. The van der Waals surface area contributed by atoms with Crippen LogP contribution in [-0.2, 0) is 17.8 Å². The number of hydrogen-bond acceptors (Lipinski definition) is 7. The highest BCUT2D eigenvalue weighted by atomic mass is 32.2. The molecule has 148 valence electrons. The maximum atomic E-state index is 13.2. The van der Waals surface area contributed by atoms with Crippen LogP contribution in [0.15, 0.2) is 63.3 Å². The molecule has 5 heterocycles. The van der Waals surface area contributed by atoms with Crippen molar-refractivity contribution in [2.75, 3.05) is 12.3 Å². The van der Waals surface area contributed by atoms with E-state index in [1.807, 2.05) is 21.6 Å². The number of thioether (sulfide) groups is 1. The Kier molecular flexibility index (Phi) is 5.26. The summed E-state index contributed by atoms with van der Waals surface area (Å²) in [7, 11) is 0. The van der Waals surface area contributed by atoms with Gasteiger partial charge in [0.05, 0.1) is 24.6 Å². The fourth-order valence-corrected chi connectivity index (χ4v) is 6.14. The fraction of sp³-hybridized carbons (Fsp3) is 0.250. The molecule has 5 rings (SSSR count). The third-order valence-corrected chi connectivity index (χ3v) is 7.80. The van der Waals surface area contributed by atoms with Crippen LogP contribution in [0.1, 0.15) is 27.1 Å². The summed E-state index contributed by atoms with van der Waals surface area (Å²) >= 11 is 4.91. The molecule has 0 radical (unpaired) electrons. The van der Waals surface area contributed by atoms with E-state index in [0.29, 0.717) is 12.3 Å². The van der Waals surface area contributed by atoms with E-state index in [1.54, 1.807) is 35.3 Å². The van der Waals surface area contributed by atoms with Crippen molar-refractivity contribution in [1.82, 2.24) is 19.7 Å². The summed E-state index contributed by atoms with van der Waals surface area (Å²) in [6, 6.07) is 10.1. The van der Waals surface area contributed by atoms with Crippen LogP contribution in [0.25, 0.3) is 0 Å². The number of nitrogens with zero attached hydrogens (tertiary/aromatic N) is 4. The number of hydrogen-bond donors (Lipinski definition) is 0. The standard InChI is InChI=1S/C20H18N4O2S3/c25-18(12-29-20-22-21-13-23(20)11-14-3-1-8-26-14)24-7-5-16-15(6-10-28-16)19(24)17-4-2-9-27-17/h1-4,6,8-10,13,19H,5,7,11-12H2/t19-/m0/s1. The molecular formula is C20H18N4O2S3. The normalized spacial score (nSPS) is 16.1. The SMILES string of the molecule is O=C(CSc1nncn1Cc1ccco1)N1CCc2sccc2[C@H]1c1cccs1. The van der Waals surface area contributed by atoms with Crippen molar-refractivity contribution in [3.05, 3.63) is 74.8 Å². The number of furan rings is 1. The van der Waals surface area contributed by atoms with E-state index in [0.717, 1.165) is 23.9 Å². The van der Waals surface area contributed by atoms with Crippen molar-refractivity contribution < 1.29 is 9.21 Å². The molecule has 6 nitrogen and oxygen atoms in total. The van der Waals surface area contributed by atoms with Gasteiger partial charge in [0.25, 0.3) is 0 Å². The second-order valence-electron chi connectivity index (χ2n) is 6.66. The highest BCUT2D eigenvalue weighted by Gasteiger charge is 2.33. The Morgan fingerprint density at radius 3 is 3.03 bits per heavy atom. The van der Waals surface area contributed by atoms with E-state index in [4.69, 9.17) is 4.42 Å². The number of aromatic nitrogens is 3. The molecule has 0 spiro atoms. The van der Waals surface area contributed by atoms with Gasteiger partial charge in [-0.1, -0.05) is 17.8 Å². The molecule has 1 aliphatic rings. The molecule has 1 amide bonds. The van der Waals surface area contributed by atoms with Crippen molar-refractivity contribution in [3.8, 4) is 0 Å². The summed E-state index contributed by atoms with van der Waals surface area (Å²) in [6.07, 6.45) is 4.23. The lowest BCUT2D eigenvalue weighted by molar-refractivity contribution is -0.130. The van der Waals surface area contributed by atoms with Gasteiger partial charge < -0.3 is 13.9 Å². The molecule has 0 N–H and O–H groups in total. The summed E-state index contributed by atoms with van der Waals surface area (Å²) in [5.74, 6) is 1.28. The van der Waals surface area contributed by atoms with Gasteiger partial charge in [-0.25, -0.2) is 0 Å². The molecule has 1 aliphatic heterocycles. The average Bonchev–Trinajstić information content (AvgIpc) is 3.54. The molecule has 1 atom stereocenters. The number of fused-ring (bicyclic) bond motifs is 1. The van der Waals surface area contributed by atoms with Crippen LogP contribution >= 0.6 is 34.4 Å². The minimum absolute atomic E-state index is 0.0130. The van der Waals surface area contributed by atoms with Gasteiger partial charge in [-0.2, -0.15) is 0 Å². The lowest BCUT2D eigenvalue weighted by atomic mass is 9.98. The van der Waals surface area contributed by atoms with Crippen LogP contribution < -0.4 is 0 Å². The van der Waals surface area contributed by atoms with E-state index < -0.39 is 0 Å². The van der Waals surface area contributed by atoms with E-state index >= 15 is 0 Å². The topological polar surface area (TPSA) is 64.2 Å². The minimum atomic E-state index is 0.0130. The van der Waals surface area contributed by atoms with Gasteiger partial charge in [0.2, 0.25) is 5.91 Å². The van der Waals surface area contributed by atoms with E-state index in [1.165, 1.54) is 27.1 Å². The van der Waals surface area contributed by atoms with Crippen LogP contribution in [0.5, 0.6) is 0 Å². The lowest BCUT2D eigenvalue weighted by Crippen LogP contribution is -2.40. The maximum Gasteiger partial charge on any atom is 0.233 e. The summed E-state index contributed by atoms with van der Waals surface area (Å²) in [4.78, 5) is 17.8. The maximum absolute atomic E-state index is 13.2. The van der Waals surface area contributed by atoms with Gasteiger partial charge in [0, 0.05) is 16.3 Å². The van der Waals surface area contributed by atoms with Crippen LogP contribution in [-0.4, -0.2) is 37.9 Å². The first kappa shape index (κ1) is 18.7. The van der Waals surface area contributed by atoms with Gasteiger partial charge >= 0.3 is 0 Å². The van der Waals surface area contributed by atoms with E-state index in [-0.39, 0.29) is 11.9 Å². The van der Waals surface area contributed by atoms with Crippen molar-refractivity contribution in [2.24, 2.45) is 0 Å². The van der Waals surface area contributed by atoms with Gasteiger partial charge in [0.1, 0.15) is 12.1 Å². The Morgan fingerprint density at radius 2 is 2.21 bits per heavy atom. The second kappa shape index (κ2) is 8.17. The predicted molar refractivity (Wildman–Crippen MR) is 114 cm³/mol. The minimum Gasteiger partial charge on any atom is -0.467 e. The predicted octanol–water partition coefficient (Wildman–Crippen LogP) is 4.31. The summed E-state index contributed by atoms with van der Waals surface area (Å²) in [5, 5.41) is 13.1. The van der Waals surface area contributed by atoms with Crippen molar-refractivity contribution in [3.63, 3.8) is 0 Å². The first-order valence-corrected chi connectivity index (χ1v) is 12.0. The van der Waals surface area contributed by atoms with Crippen LogP contribution in [0.4, 0.5) is 0 Å². The third-order valence-electron chi connectivity index (χ3n) is 4.91. The molecule has 0 saturated heterocycles. The fourth-order valence-electron chi connectivity index (χ4n) is 3.58. The molecule has 0 saturated carbocycles. The molecule has 0 bridgehead atoms. The Labute approximate surface area is 180 Å². The highest BCUT2D eigenvalue weighted by molar-refractivity contribution is 7.99. The number of carbonyl (C=O) groups excluding carboxylic acids is 1. The number of rotatable bonds is 6. The quantitative estimate of drug-likeness (QED) is 0.417. The number of amides is 1. The zero-order chi connectivity index (χ0) is 19.6. The van der Waals surface area contributed by atoms with Crippen molar-refractivity contribution in [2.45, 2.75) is 24.2 Å². The van der Waals surface area contributed by atoms with Gasteiger partial charge in [-0.3, -0.25) is 4.79 Å². The largest absolute Gasteiger partial charge is 0.467 e. The summed E-state index contributed by atoms with van der Waals surface area (Å²) < 4.78 is 7.31. The molecule has 0 aromatic carbocycles. The zero-order valence-corrected chi connectivity index (χ0v) is 17.9. The van der Waals surface area contributed by atoms with Crippen molar-refractivity contribution in [1.29, 1.82) is 0 Å². The van der Waals surface area contributed by atoms with Crippen molar-refractivity contribution >= 4 is 40.3 Å². The molecule has 9 heteroatoms. The van der Waals surface area contributed by atoms with Gasteiger partial charge in [-0.15, -0.1) is 32.9 Å². The Hall–Kier alpha value is -2.36. The molecule has 0 unspecified atom stereocenters. The summed E-state index contributed by atoms with van der Waals surface area (Å²) in [5.41, 5.74) is 1.27. The zero-order valence-electron chi connectivity index (χ0n) is 15.4. The molecule has 4 aromatic heterocycles. The molecule has 0 aliphatic carbocycles. The van der Waals surface area contributed by atoms with Crippen LogP contribution in [0.3, 0.4) is 0 Å². The van der Waals surface area contributed by atoms with Gasteiger partial charge in [0.15, 0.2) is 5.16 Å². The molecule has 29 heavy (non-hydrogen) atoms. The Bertz CT molecular complexity index is 1090. The molecule has 4 aromatic rings. The first-order valence-electron chi connectivity index (χ1n) is 9.21. The second-order valence-corrected chi connectivity index (χ2v) is 9.59. The number of carbonyl (C=O) groups is 1.